The Kier molecular flexibility index (Phi) is 10.2. The van der Waals surface area contributed by atoms with Gasteiger partial charge in [0.1, 0.15) is 6.61 Å². The molecule has 4 aromatic rings. The van der Waals surface area contributed by atoms with Crippen molar-refractivity contribution in [3.63, 3.8) is 0 Å². The van der Waals surface area contributed by atoms with E-state index in [0.29, 0.717) is 11.3 Å². The number of rotatable bonds is 8. The number of carbonyl (C=O) groups excluding carboxylic acids is 2. The fraction of sp³-hybridized carbons (Fsp3) is 0.188. The van der Waals surface area contributed by atoms with Crippen LogP contribution >= 0.6 is 0 Å². The minimum Gasteiger partial charge on any atom is -0.457 e. The normalized spacial score (nSPS) is 10.7. The summed E-state index contributed by atoms with van der Waals surface area (Å²) >= 11 is 0. The number of para-hydroxylation sites is 1. The van der Waals surface area contributed by atoms with Gasteiger partial charge in [-0.25, -0.2) is 4.79 Å². The first-order valence-electron chi connectivity index (χ1n) is 12.4. The first kappa shape index (κ1) is 27.4. The first-order valence-corrected chi connectivity index (χ1v) is 12.4. The number of carbonyl (C=O) groups is 2. The van der Waals surface area contributed by atoms with E-state index in [2.05, 4.69) is 48.6 Å². The highest BCUT2D eigenvalue weighted by atomic mass is 16.5. The quantitative estimate of drug-likeness (QED) is 0.213. The van der Waals surface area contributed by atoms with E-state index < -0.39 is 5.97 Å². The van der Waals surface area contributed by atoms with E-state index in [1.165, 1.54) is 11.6 Å². The standard InChI is InChI=1S/C30H28N2O3.C2H6/c1-32(2)20-24-13-16-25-18-22(12-15-26(25)19-24)14-17-29(33)31-28-11-7-6-10-27(28)30(34)35-21-23-8-4-3-5-9-23;1-2/h3-19H,20-21H2,1-2H3,(H,31,33);1-2H3/b17-14+;. The van der Waals surface area contributed by atoms with Crippen LogP contribution in [0.3, 0.4) is 0 Å². The molecule has 0 unspecified atom stereocenters. The number of esters is 1. The Labute approximate surface area is 219 Å². The minimum atomic E-state index is -0.489. The van der Waals surface area contributed by atoms with Gasteiger partial charge in [0.15, 0.2) is 0 Å². The zero-order chi connectivity index (χ0) is 26.6. The van der Waals surface area contributed by atoms with Gasteiger partial charge in [-0.1, -0.05) is 80.6 Å². The zero-order valence-electron chi connectivity index (χ0n) is 21.9. The molecule has 0 spiro atoms. The van der Waals surface area contributed by atoms with Crippen LogP contribution in [0.15, 0.2) is 97.1 Å². The molecule has 0 radical (unpaired) electrons. The number of nitrogens with zero attached hydrogens (tertiary/aromatic N) is 1. The Bertz CT molecular complexity index is 1360. The molecule has 0 atom stereocenters. The van der Waals surface area contributed by atoms with Crippen molar-refractivity contribution in [2.45, 2.75) is 27.0 Å². The van der Waals surface area contributed by atoms with E-state index in [-0.39, 0.29) is 12.5 Å². The molecule has 0 aliphatic rings. The number of anilines is 1. The van der Waals surface area contributed by atoms with E-state index >= 15 is 0 Å². The molecule has 5 nitrogen and oxygen atoms in total. The molecule has 4 aromatic carbocycles. The van der Waals surface area contributed by atoms with Crippen LogP contribution in [-0.2, 0) is 22.7 Å². The molecule has 4 rings (SSSR count). The van der Waals surface area contributed by atoms with Gasteiger partial charge in [-0.3, -0.25) is 4.79 Å². The van der Waals surface area contributed by atoms with Gasteiger partial charge >= 0.3 is 5.97 Å². The predicted octanol–water partition coefficient (Wildman–Crippen LogP) is 6.94. The molecular formula is C32H34N2O3. The Morgan fingerprint density at radius 3 is 2.24 bits per heavy atom. The Morgan fingerprint density at radius 2 is 1.49 bits per heavy atom. The Morgan fingerprint density at radius 1 is 0.811 bits per heavy atom. The molecule has 37 heavy (non-hydrogen) atoms. The van der Waals surface area contributed by atoms with Crippen molar-refractivity contribution in [2.75, 3.05) is 19.4 Å². The van der Waals surface area contributed by atoms with Crippen LogP contribution in [0.5, 0.6) is 0 Å². The van der Waals surface area contributed by atoms with Crippen molar-refractivity contribution in [1.82, 2.24) is 4.90 Å². The molecule has 0 aliphatic heterocycles. The maximum Gasteiger partial charge on any atom is 0.340 e. The second-order valence-corrected chi connectivity index (χ2v) is 8.61. The summed E-state index contributed by atoms with van der Waals surface area (Å²) < 4.78 is 5.43. The summed E-state index contributed by atoms with van der Waals surface area (Å²) in [6.07, 6.45) is 3.23. The van der Waals surface area contributed by atoms with Gasteiger partial charge in [0.05, 0.1) is 11.3 Å². The second kappa shape index (κ2) is 13.8. The molecule has 0 heterocycles. The lowest BCUT2D eigenvalue weighted by Gasteiger charge is -2.10. The summed E-state index contributed by atoms with van der Waals surface area (Å²) in [5.74, 6) is -0.813. The van der Waals surface area contributed by atoms with Crippen molar-refractivity contribution in [3.05, 3.63) is 119 Å². The maximum absolute atomic E-state index is 12.6. The molecule has 5 heteroatoms. The van der Waals surface area contributed by atoms with Crippen LogP contribution < -0.4 is 5.32 Å². The number of fused-ring (bicyclic) bond motifs is 1. The first-order chi connectivity index (χ1) is 18.0. The third-order valence-corrected chi connectivity index (χ3v) is 5.47. The van der Waals surface area contributed by atoms with Gasteiger partial charge in [-0.15, -0.1) is 0 Å². The lowest BCUT2D eigenvalue weighted by Crippen LogP contribution is -2.13. The summed E-state index contributed by atoms with van der Waals surface area (Å²) in [5, 5.41) is 5.07. The zero-order valence-corrected chi connectivity index (χ0v) is 21.9. The summed E-state index contributed by atoms with van der Waals surface area (Å²) in [6.45, 7) is 5.06. The van der Waals surface area contributed by atoms with E-state index in [4.69, 9.17) is 4.74 Å². The van der Waals surface area contributed by atoms with E-state index in [0.717, 1.165) is 28.4 Å². The number of hydrogen-bond donors (Lipinski definition) is 1. The largest absolute Gasteiger partial charge is 0.457 e. The lowest BCUT2D eigenvalue weighted by atomic mass is 10.0. The highest BCUT2D eigenvalue weighted by molar-refractivity contribution is 6.06. The van der Waals surface area contributed by atoms with Crippen LogP contribution in [0.25, 0.3) is 16.8 Å². The van der Waals surface area contributed by atoms with Crippen LogP contribution in [0, 0.1) is 0 Å². The second-order valence-electron chi connectivity index (χ2n) is 8.61. The maximum atomic E-state index is 12.6. The molecule has 0 saturated heterocycles. The number of benzene rings is 4. The molecule has 0 aliphatic carbocycles. The number of hydrogen-bond acceptors (Lipinski definition) is 4. The smallest absolute Gasteiger partial charge is 0.340 e. The molecule has 1 amide bonds. The minimum absolute atomic E-state index is 0.167. The molecule has 1 N–H and O–H groups in total. The van der Waals surface area contributed by atoms with Gasteiger partial charge in [0.25, 0.3) is 0 Å². The molecule has 0 bridgehead atoms. The molecule has 0 aromatic heterocycles. The number of nitrogens with one attached hydrogen (secondary N) is 1. The average molecular weight is 495 g/mol. The van der Waals surface area contributed by atoms with Gasteiger partial charge in [-0.2, -0.15) is 0 Å². The van der Waals surface area contributed by atoms with Crippen molar-refractivity contribution in [1.29, 1.82) is 0 Å². The van der Waals surface area contributed by atoms with E-state index in [9.17, 15) is 9.59 Å². The van der Waals surface area contributed by atoms with Crippen LogP contribution in [0.1, 0.15) is 40.9 Å². The fourth-order valence-corrected chi connectivity index (χ4v) is 3.80. The Balaban J connectivity index is 0.00000186. The summed E-state index contributed by atoms with van der Waals surface area (Å²) in [7, 11) is 4.10. The highest BCUT2D eigenvalue weighted by Crippen LogP contribution is 2.20. The SMILES string of the molecule is CC.CN(C)Cc1ccc2cc(/C=C/C(=O)Nc3ccccc3C(=O)OCc3ccccc3)ccc2c1. The molecule has 0 fully saturated rings. The van der Waals surface area contributed by atoms with Crippen molar-refractivity contribution < 1.29 is 14.3 Å². The monoisotopic (exact) mass is 494 g/mol. The van der Waals surface area contributed by atoms with Crippen LogP contribution in [0.2, 0.25) is 0 Å². The predicted molar refractivity (Wildman–Crippen MR) is 152 cm³/mol. The van der Waals surface area contributed by atoms with Gasteiger partial charge < -0.3 is 15.0 Å². The lowest BCUT2D eigenvalue weighted by molar-refractivity contribution is -0.111. The van der Waals surface area contributed by atoms with Crippen molar-refractivity contribution in [2.24, 2.45) is 0 Å². The summed E-state index contributed by atoms with van der Waals surface area (Å²) in [4.78, 5) is 27.3. The van der Waals surface area contributed by atoms with Crippen molar-refractivity contribution >= 4 is 34.4 Å². The number of amides is 1. The van der Waals surface area contributed by atoms with Crippen LogP contribution in [0.4, 0.5) is 5.69 Å². The third-order valence-electron chi connectivity index (χ3n) is 5.47. The van der Waals surface area contributed by atoms with Gasteiger partial charge in [0, 0.05) is 12.6 Å². The van der Waals surface area contributed by atoms with Gasteiger partial charge in [-0.05, 0) is 71.9 Å². The molecule has 0 saturated carbocycles. The van der Waals surface area contributed by atoms with Crippen molar-refractivity contribution in [3.8, 4) is 0 Å². The summed E-state index contributed by atoms with van der Waals surface area (Å²) in [5.41, 5.74) is 3.79. The fourth-order valence-electron chi connectivity index (χ4n) is 3.80. The molecule has 190 valence electrons. The van der Waals surface area contributed by atoms with E-state index in [1.807, 2.05) is 56.3 Å². The highest BCUT2D eigenvalue weighted by Gasteiger charge is 2.14. The summed E-state index contributed by atoms with van der Waals surface area (Å²) in [6, 6.07) is 28.8. The van der Waals surface area contributed by atoms with E-state index in [1.54, 1.807) is 30.3 Å². The Hall–Kier alpha value is -4.22. The average Bonchev–Trinajstić information content (AvgIpc) is 2.92. The number of ether oxygens (including phenoxy) is 1. The van der Waals surface area contributed by atoms with Crippen LogP contribution in [-0.4, -0.2) is 30.9 Å². The third kappa shape index (κ3) is 8.16. The van der Waals surface area contributed by atoms with Gasteiger partial charge in [0.2, 0.25) is 5.91 Å². The topological polar surface area (TPSA) is 58.6 Å². The molecular weight excluding hydrogens is 460 g/mol.